The minimum Gasteiger partial charge on any atom is -0.469 e. The van der Waals surface area contributed by atoms with Gasteiger partial charge in [0.05, 0.1) is 26.1 Å². The quantitative estimate of drug-likeness (QED) is 0.287. The molecule has 0 saturated carbocycles. The number of hydrogen-bond acceptors (Lipinski definition) is 5. The van der Waals surface area contributed by atoms with Crippen molar-refractivity contribution in [3.05, 3.63) is 47.5 Å². The fourth-order valence-electron chi connectivity index (χ4n) is 3.27. The van der Waals surface area contributed by atoms with Crippen molar-refractivity contribution >= 4 is 35.9 Å². The van der Waals surface area contributed by atoms with Crippen LogP contribution in [0.1, 0.15) is 30.1 Å². The van der Waals surface area contributed by atoms with Gasteiger partial charge in [0, 0.05) is 20.1 Å². The summed E-state index contributed by atoms with van der Waals surface area (Å²) in [7, 11) is 3.40. The molecule has 0 unspecified atom stereocenters. The zero-order valence-corrected chi connectivity index (χ0v) is 19.5. The molecular weight excluding hydrogens is 483 g/mol. The van der Waals surface area contributed by atoms with E-state index in [1.165, 1.54) is 7.11 Å². The molecule has 9 heteroatoms. The van der Waals surface area contributed by atoms with E-state index < -0.39 is 0 Å². The zero-order chi connectivity index (χ0) is 19.9. The second-order valence-electron chi connectivity index (χ2n) is 6.99. The number of aromatic nitrogens is 3. The molecule has 0 bridgehead atoms. The van der Waals surface area contributed by atoms with E-state index in [9.17, 15) is 4.79 Å². The highest BCUT2D eigenvalue weighted by atomic mass is 127. The second-order valence-corrected chi connectivity index (χ2v) is 6.99. The molecule has 2 heterocycles. The van der Waals surface area contributed by atoms with Gasteiger partial charge in [-0.05, 0) is 25.3 Å². The van der Waals surface area contributed by atoms with Crippen LogP contribution in [0.2, 0.25) is 0 Å². The molecule has 29 heavy (non-hydrogen) atoms. The van der Waals surface area contributed by atoms with Gasteiger partial charge in [-0.2, -0.15) is 0 Å². The third kappa shape index (κ3) is 6.15. The molecule has 1 aromatic heterocycles. The van der Waals surface area contributed by atoms with Gasteiger partial charge in [-0.1, -0.05) is 30.3 Å². The van der Waals surface area contributed by atoms with Crippen LogP contribution in [-0.4, -0.2) is 51.8 Å². The molecule has 1 fully saturated rings. The first-order valence-electron chi connectivity index (χ1n) is 9.58. The maximum Gasteiger partial charge on any atom is 0.308 e. The molecule has 0 amide bonds. The van der Waals surface area contributed by atoms with Gasteiger partial charge in [0.25, 0.3) is 0 Å². The Kier molecular flexibility index (Phi) is 8.87. The highest BCUT2D eigenvalue weighted by molar-refractivity contribution is 14.0. The number of methoxy groups -OCH3 is 1. The Morgan fingerprint density at radius 2 is 1.93 bits per heavy atom. The molecule has 0 aliphatic carbocycles. The summed E-state index contributed by atoms with van der Waals surface area (Å²) in [6, 6.07) is 10.2. The predicted molar refractivity (Wildman–Crippen MR) is 122 cm³/mol. The first kappa shape index (κ1) is 23.1. The number of likely N-dealkylation sites (tertiary alicyclic amines) is 1. The van der Waals surface area contributed by atoms with Crippen LogP contribution < -0.4 is 5.32 Å². The highest BCUT2D eigenvalue weighted by Gasteiger charge is 2.27. The number of carbonyl (C=O) groups excluding carboxylic acids is 1. The smallest absolute Gasteiger partial charge is 0.308 e. The van der Waals surface area contributed by atoms with Crippen molar-refractivity contribution in [2.45, 2.75) is 32.9 Å². The monoisotopic (exact) mass is 512 g/mol. The predicted octanol–water partition coefficient (Wildman–Crippen LogP) is 2.27. The molecule has 3 rings (SSSR count). The van der Waals surface area contributed by atoms with Gasteiger partial charge in [-0.15, -0.1) is 34.2 Å². The Labute approximate surface area is 188 Å². The Bertz CT molecular complexity index is 816. The molecular formula is C20H29IN6O2. The number of ether oxygens (including phenoxy) is 1. The molecule has 1 N–H and O–H groups in total. The van der Waals surface area contributed by atoms with Gasteiger partial charge in [0.1, 0.15) is 5.82 Å². The SMILES string of the molecule is COC(=O)C1CCN(C(=NCc2ccccc2)NCc2nnc(C)n2C)CC1.I. The first-order valence-corrected chi connectivity index (χ1v) is 9.58. The first-order chi connectivity index (χ1) is 13.6. The molecule has 0 radical (unpaired) electrons. The fourth-order valence-corrected chi connectivity index (χ4v) is 3.27. The molecule has 8 nitrogen and oxygen atoms in total. The number of aryl methyl sites for hydroxylation is 1. The number of hydrogen-bond donors (Lipinski definition) is 1. The van der Waals surface area contributed by atoms with E-state index in [-0.39, 0.29) is 35.9 Å². The van der Waals surface area contributed by atoms with Crippen molar-refractivity contribution in [1.82, 2.24) is 25.0 Å². The van der Waals surface area contributed by atoms with Crippen LogP contribution >= 0.6 is 24.0 Å². The fraction of sp³-hybridized carbons (Fsp3) is 0.500. The Morgan fingerprint density at radius 1 is 1.24 bits per heavy atom. The molecule has 1 aromatic carbocycles. The maximum atomic E-state index is 11.8. The van der Waals surface area contributed by atoms with Gasteiger partial charge < -0.3 is 19.5 Å². The zero-order valence-electron chi connectivity index (χ0n) is 17.2. The van der Waals surface area contributed by atoms with Crippen molar-refractivity contribution in [3.63, 3.8) is 0 Å². The summed E-state index contributed by atoms with van der Waals surface area (Å²) in [5.74, 6) is 2.41. The van der Waals surface area contributed by atoms with Crippen LogP contribution in [0.3, 0.4) is 0 Å². The number of piperidine rings is 1. The van der Waals surface area contributed by atoms with Crippen LogP contribution in [-0.2, 0) is 29.7 Å². The third-order valence-electron chi connectivity index (χ3n) is 5.17. The van der Waals surface area contributed by atoms with Gasteiger partial charge in [-0.3, -0.25) is 4.79 Å². The van der Waals surface area contributed by atoms with Gasteiger partial charge in [-0.25, -0.2) is 4.99 Å². The number of halogens is 1. The van der Waals surface area contributed by atoms with Crippen molar-refractivity contribution < 1.29 is 9.53 Å². The van der Waals surface area contributed by atoms with E-state index in [4.69, 9.17) is 9.73 Å². The van der Waals surface area contributed by atoms with E-state index in [0.29, 0.717) is 13.1 Å². The van der Waals surface area contributed by atoms with Crippen molar-refractivity contribution in [2.75, 3.05) is 20.2 Å². The number of aliphatic imine (C=N–C) groups is 1. The normalized spacial score (nSPS) is 15.0. The van der Waals surface area contributed by atoms with Crippen LogP contribution in [0.15, 0.2) is 35.3 Å². The topological polar surface area (TPSA) is 84.6 Å². The highest BCUT2D eigenvalue weighted by Crippen LogP contribution is 2.19. The lowest BCUT2D eigenvalue weighted by molar-refractivity contribution is -0.146. The molecule has 1 aliphatic rings. The number of esters is 1. The Balaban J connectivity index is 0.00000300. The Hall–Kier alpha value is -2.17. The van der Waals surface area contributed by atoms with Crippen molar-refractivity contribution in [1.29, 1.82) is 0 Å². The average Bonchev–Trinajstić information content (AvgIpc) is 3.06. The number of rotatable bonds is 5. The van der Waals surface area contributed by atoms with Gasteiger partial charge >= 0.3 is 5.97 Å². The van der Waals surface area contributed by atoms with E-state index in [2.05, 4.69) is 32.5 Å². The van der Waals surface area contributed by atoms with Crippen LogP contribution in [0.4, 0.5) is 0 Å². The van der Waals surface area contributed by atoms with Gasteiger partial charge in [0.15, 0.2) is 11.8 Å². The minimum atomic E-state index is -0.120. The lowest BCUT2D eigenvalue weighted by Crippen LogP contribution is -2.46. The molecule has 158 valence electrons. The molecule has 1 aliphatic heterocycles. The standard InChI is InChI=1S/C20H28N6O2.HI/c1-15-23-24-18(25(15)2)14-22-20(21-13-16-7-5-4-6-8-16)26-11-9-17(10-12-26)19(27)28-3;/h4-8,17H,9-14H2,1-3H3,(H,21,22);1H. The maximum absolute atomic E-state index is 11.8. The largest absolute Gasteiger partial charge is 0.469 e. The number of nitrogens with zero attached hydrogens (tertiary/aromatic N) is 5. The summed E-state index contributed by atoms with van der Waals surface area (Å²) in [5, 5.41) is 11.7. The Morgan fingerprint density at radius 3 is 2.52 bits per heavy atom. The molecule has 0 atom stereocenters. The lowest BCUT2D eigenvalue weighted by Gasteiger charge is -2.33. The summed E-state index contributed by atoms with van der Waals surface area (Å²) < 4.78 is 6.85. The number of guanidine groups is 1. The van der Waals surface area contributed by atoms with E-state index >= 15 is 0 Å². The number of carbonyl (C=O) groups is 1. The van der Waals surface area contributed by atoms with Crippen molar-refractivity contribution in [3.8, 4) is 0 Å². The van der Waals surface area contributed by atoms with E-state index in [0.717, 1.165) is 49.1 Å². The van der Waals surface area contributed by atoms with Crippen LogP contribution in [0.25, 0.3) is 0 Å². The number of nitrogens with one attached hydrogen (secondary N) is 1. The van der Waals surface area contributed by atoms with Crippen LogP contribution in [0, 0.1) is 12.8 Å². The molecule has 0 spiro atoms. The summed E-state index contributed by atoms with van der Waals surface area (Å²) in [5.41, 5.74) is 1.15. The lowest BCUT2D eigenvalue weighted by atomic mass is 9.97. The second kappa shape index (κ2) is 11.1. The third-order valence-corrected chi connectivity index (χ3v) is 5.17. The van der Waals surface area contributed by atoms with E-state index in [1.807, 2.05) is 36.7 Å². The summed E-state index contributed by atoms with van der Waals surface area (Å²) >= 11 is 0. The van der Waals surface area contributed by atoms with Crippen LogP contribution in [0.5, 0.6) is 0 Å². The minimum absolute atomic E-state index is 0. The van der Waals surface area contributed by atoms with Crippen molar-refractivity contribution in [2.24, 2.45) is 18.0 Å². The summed E-state index contributed by atoms with van der Waals surface area (Å²) in [6.07, 6.45) is 1.53. The number of benzene rings is 1. The average molecular weight is 512 g/mol. The summed E-state index contributed by atoms with van der Waals surface area (Å²) in [6.45, 7) is 4.59. The summed E-state index contributed by atoms with van der Waals surface area (Å²) in [4.78, 5) is 18.8. The van der Waals surface area contributed by atoms with Gasteiger partial charge in [0.2, 0.25) is 0 Å². The van der Waals surface area contributed by atoms with E-state index in [1.54, 1.807) is 0 Å². The molecule has 2 aromatic rings. The molecule has 1 saturated heterocycles.